The van der Waals surface area contributed by atoms with Crippen molar-refractivity contribution < 1.29 is 15.0 Å². The van der Waals surface area contributed by atoms with Gasteiger partial charge in [-0.1, -0.05) is 23.8 Å². The molecule has 1 atom stereocenters. The minimum absolute atomic E-state index is 0.166. The average molecular weight is 220 g/mol. The fraction of sp³-hybridized carbons (Fsp3) is 0.462. The van der Waals surface area contributed by atoms with Crippen molar-refractivity contribution in [2.75, 3.05) is 0 Å². The van der Waals surface area contributed by atoms with Gasteiger partial charge in [-0.05, 0) is 30.9 Å². The first kappa shape index (κ1) is 11.1. The molecule has 0 saturated heterocycles. The molecular formula is C13H16O3. The molecule has 3 heteroatoms. The molecule has 1 aliphatic carbocycles. The van der Waals surface area contributed by atoms with Gasteiger partial charge in [0.1, 0.15) is 0 Å². The quantitative estimate of drug-likeness (QED) is 0.797. The highest BCUT2D eigenvalue weighted by Gasteiger charge is 2.34. The van der Waals surface area contributed by atoms with Gasteiger partial charge in [0.15, 0.2) is 0 Å². The van der Waals surface area contributed by atoms with Gasteiger partial charge in [0.2, 0.25) is 0 Å². The van der Waals surface area contributed by atoms with E-state index >= 15 is 0 Å². The molecule has 2 rings (SSSR count). The SMILES string of the molecule is Cc1ccc2c(c1)CC(O)(CC(=O)O)CC2. The third-order valence-electron chi connectivity index (χ3n) is 3.22. The lowest BCUT2D eigenvalue weighted by Gasteiger charge is -2.32. The number of hydrogen-bond acceptors (Lipinski definition) is 2. The smallest absolute Gasteiger partial charge is 0.306 e. The number of hydrogen-bond donors (Lipinski definition) is 2. The Morgan fingerprint density at radius 1 is 1.44 bits per heavy atom. The van der Waals surface area contributed by atoms with Crippen LogP contribution < -0.4 is 0 Å². The number of aliphatic carboxylic acids is 1. The predicted molar refractivity (Wildman–Crippen MR) is 60.4 cm³/mol. The van der Waals surface area contributed by atoms with E-state index in [9.17, 15) is 9.90 Å². The summed E-state index contributed by atoms with van der Waals surface area (Å²) in [7, 11) is 0. The van der Waals surface area contributed by atoms with Gasteiger partial charge < -0.3 is 10.2 Å². The summed E-state index contributed by atoms with van der Waals surface area (Å²) in [6, 6.07) is 6.17. The summed E-state index contributed by atoms with van der Waals surface area (Å²) in [4.78, 5) is 10.7. The van der Waals surface area contributed by atoms with E-state index in [0.717, 1.165) is 17.5 Å². The molecule has 1 aromatic rings. The number of rotatable bonds is 2. The van der Waals surface area contributed by atoms with Crippen molar-refractivity contribution in [3.05, 3.63) is 34.9 Å². The van der Waals surface area contributed by atoms with Crippen LogP contribution >= 0.6 is 0 Å². The zero-order valence-electron chi connectivity index (χ0n) is 9.36. The van der Waals surface area contributed by atoms with Gasteiger partial charge in [-0.25, -0.2) is 0 Å². The van der Waals surface area contributed by atoms with Gasteiger partial charge in [-0.3, -0.25) is 4.79 Å². The number of fused-ring (bicyclic) bond motifs is 1. The minimum Gasteiger partial charge on any atom is -0.481 e. The fourth-order valence-corrected chi connectivity index (χ4v) is 2.41. The van der Waals surface area contributed by atoms with Gasteiger partial charge in [0.25, 0.3) is 0 Å². The molecule has 86 valence electrons. The van der Waals surface area contributed by atoms with Crippen LogP contribution in [0, 0.1) is 6.92 Å². The lowest BCUT2D eigenvalue weighted by molar-refractivity contribution is -0.143. The Bertz CT molecular complexity index is 425. The number of aryl methyl sites for hydroxylation is 2. The second-order valence-corrected chi connectivity index (χ2v) is 4.74. The lowest BCUT2D eigenvalue weighted by atomic mass is 9.78. The van der Waals surface area contributed by atoms with E-state index < -0.39 is 11.6 Å². The Balaban J connectivity index is 2.25. The zero-order valence-corrected chi connectivity index (χ0v) is 9.36. The van der Waals surface area contributed by atoms with Gasteiger partial charge in [-0.15, -0.1) is 0 Å². The van der Waals surface area contributed by atoms with Crippen LogP contribution in [0.15, 0.2) is 18.2 Å². The predicted octanol–water partition coefficient (Wildman–Crippen LogP) is 1.69. The van der Waals surface area contributed by atoms with Crippen LogP contribution in [0.5, 0.6) is 0 Å². The van der Waals surface area contributed by atoms with Crippen molar-refractivity contribution >= 4 is 5.97 Å². The highest BCUT2D eigenvalue weighted by Crippen LogP contribution is 2.31. The summed E-state index contributed by atoms with van der Waals surface area (Å²) < 4.78 is 0. The number of carbonyl (C=O) groups is 1. The van der Waals surface area contributed by atoms with E-state index in [4.69, 9.17) is 5.11 Å². The van der Waals surface area contributed by atoms with E-state index in [2.05, 4.69) is 12.1 Å². The molecule has 0 spiro atoms. The highest BCUT2D eigenvalue weighted by atomic mass is 16.4. The Kier molecular flexibility index (Phi) is 2.72. The Morgan fingerprint density at radius 3 is 2.88 bits per heavy atom. The van der Waals surface area contributed by atoms with Crippen LogP contribution in [0.1, 0.15) is 29.5 Å². The normalized spacial score (nSPS) is 23.9. The molecule has 1 aromatic carbocycles. The number of carboxylic acid groups (broad SMARTS) is 1. The summed E-state index contributed by atoms with van der Waals surface area (Å²) >= 11 is 0. The molecule has 0 amide bonds. The maximum atomic E-state index is 10.7. The van der Waals surface area contributed by atoms with E-state index in [0.29, 0.717) is 12.8 Å². The summed E-state index contributed by atoms with van der Waals surface area (Å²) in [6.45, 7) is 2.01. The average Bonchev–Trinajstić information content (AvgIpc) is 2.14. The monoisotopic (exact) mass is 220 g/mol. The first-order valence-electron chi connectivity index (χ1n) is 5.51. The Labute approximate surface area is 94.7 Å². The fourth-order valence-electron chi connectivity index (χ4n) is 2.41. The van der Waals surface area contributed by atoms with Crippen LogP contribution in [-0.2, 0) is 17.6 Å². The summed E-state index contributed by atoms with van der Waals surface area (Å²) in [5, 5.41) is 19.0. The molecule has 16 heavy (non-hydrogen) atoms. The second-order valence-electron chi connectivity index (χ2n) is 4.74. The van der Waals surface area contributed by atoms with E-state index in [1.165, 1.54) is 5.56 Å². The number of aliphatic hydroxyl groups is 1. The third kappa shape index (κ3) is 2.25. The highest BCUT2D eigenvalue weighted by molar-refractivity contribution is 5.68. The van der Waals surface area contributed by atoms with Gasteiger partial charge in [0.05, 0.1) is 12.0 Å². The Morgan fingerprint density at radius 2 is 2.19 bits per heavy atom. The van der Waals surface area contributed by atoms with Crippen LogP contribution in [0.2, 0.25) is 0 Å². The zero-order chi connectivity index (χ0) is 11.8. The molecule has 0 aliphatic heterocycles. The van der Waals surface area contributed by atoms with Crippen molar-refractivity contribution in [1.82, 2.24) is 0 Å². The maximum absolute atomic E-state index is 10.7. The van der Waals surface area contributed by atoms with Gasteiger partial charge >= 0.3 is 5.97 Å². The van der Waals surface area contributed by atoms with E-state index in [-0.39, 0.29) is 6.42 Å². The third-order valence-corrected chi connectivity index (χ3v) is 3.22. The first-order chi connectivity index (χ1) is 7.48. The van der Waals surface area contributed by atoms with Crippen molar-refractivity contribution in [1.29, 1.82) is 0 Å². The van der Waals surface area contributed by atoms with Crippen molar-refractivity contribution in [3.8, 4) is 0 Å². The van der Waals surface area contributed by atoms with Crippen molar-refractivity contribution in [2.45, 2.75) is 38.2 Å². The summed E-state index contributed by atoms with van der Waals surface area (Å²) in [5.41, 5.74) is 2.42. The van der Waals surface area contributed by atoms with Crippen molar-refractivity contribution in [3.63, 3.8) is 0 Å². The molecule has 0 radical (unpaired) electrons. The second kappa shape index (κ2) is 3.91. The standard InChI is InChI=1S/C13H16O3/c1-9-2-3-10-4-5-13(16,8-12(14)15)7-11(10)6-9/h2-3,6,16H,4-5,7-8H2,1H3,(H,14,15). The number of carboxylic acids is 1. The molecule has 0 saturated carbocycles. The van der Waals surface area contributed by atoms with Crippen LogP contribution in [0.3, 0.4) is 0 Å². The van der Waals surface area contributed by atoms with Crippen LogP contribution in [0.25, 0.3) is 0 Å². The molecule has 3 nitrogen and oxygen atoms in total. The van der Waals surface area contributed by atoms with Crippen molar-refractivity contribution in [2.24, 2.45) is 0 Å². The van der Waals surface area contributed by atoms with Crippen LogP contribution in [-0.4, -0.2) is 21.8 Å². The van der Waals surface area contributed by atoms with E-state index in [1.807, 2.05) is 13.0 Å². The first-order valence-corrected chi connectivity index (χ1v) is 5.51. The lowest BCUT2D eigenvalue weighted by Crippen LogP contribution is -2.38. The van der Waals surface area contributed by atoms with E-state index in [1.54, 1.807) is 0 Å². The molecule has 0 heterocycles. The molecule has 0 aromatic heterocycles. The topological polar surface area (TPSA) is 57.5 Å². The molecule has 1 aliphatic rings. The number of benzene rings is 1. The van der Waals surface area contributed by atoms with Crippen LogP contribution in [0.4, 0.5) is 0 Å². The molecule has 0 bridgehead atoms. The Hall–Kier alpha value is -1.35. The van der Waals surface area contributed by atoms with Gasteiger partial charge in [-0.2, -0.15) is 0 Å². The van der Waals surface area contributed by atoms with Gasteiger partial charge in [0, 0.05) is 6.42 Å². The summed E-state index contributed by atoms with van der Waals surface area (Å²) in [6.07, 6.45) is 1.59. The molecule has 1 unspecified atom stereocenters. The minimum atomic E-state index is -1.06. The molecule has 2 N–H and O–H groups in total. The molecule has 0 fully saturated rings. The summed E-state index contributed by atoms with van der Waals surface area (Å²) in [5.74, 6) is -0.932. The maximum Gasteiger partial charge on any atom is 0.306 e. The largest absolute Gasteiger partial charge is 0.481 e. The molecular weight excluding hydrogens is 204 g/mol.